The summed E-state index contributed by atoms with van der Waals surface area (Å²) in [6, 6.07) is 1.26. The summed E-state index contributed by atoms with van der Waals surface area (Å²) >= 11 is 0. The van der Waals surface area contributed by atoms with Gasteiger partial charge in [0.1, 0.15) is 23.9 Å². The summed E-state index contributed by atoms with van der Waals surface area (Å²) in [6.45, 7) is 3.99. The van der Waals surface area contributed by atoms with Crippen molar-refractivity contribution in [2.45, 2.75) is 51.4 Å². The van der Waals surface area contributed by atoms with Crippen LogP contribution in [0.15, 0.2) is 24.3 Å². The van der Waals surface area contributed by atoms with Crippen molar-refractivity contribution in [2.75, 3.05) is 6.61 Å². The molecule has 0 saturated heterocycles. The first-order chi connectivity index (χ1) is 14.5. The molecule has 8 N–H and O–H groups in total. The number of phenolic OH excluding ortho intramolecular Hbond substituents is 1. The molecule has 4 unspecified atom stereocenters. The standard InChI is InChI=1S/C20H30N4O7/c1-10(2)16(24-18(28)15(9-25)23-17(27)11(3)21)19(29)22-14(20(30)31)8-12-4-6-13(26)7-5-12/h4-7,10-11,14-16,25-26H,8-9,21H2,1-3H3,(H,22,29)(H,23,27)(H,24,28)(H,30,31). The highest BCUT2D eigenvalue weighted by Crippen LogP contribution is 2.12. The van der Waals surface area contributed by atoms with Gasteiger partial charge in [-0.15, -0.1) is 0 Å². The number of aliphatic carboxylic acids is 1. The largest absolute Gasteiger partial charge is 0.508 e. The minimum Gasteiger partial charge on any atom is -0.508 e. The Morgan fingerprint density at radius 1 is 0.903 bits per heavy atom. The lowest BCUT2D eigenvalue weighted by atomic mass is 10.0. The Labute approximate surface area is 180 Å². The molecule has 0 saturated carbocycles. The van der Waals surface area contributed by atoms with Crippen molar-refractivity contribution in [2.24, 2.45) is 11.7 Å². The van der Waals surface area contributed by atoms with Gasteiger partial charge in [-0.05, 0) is 30.5 Å². The first-order valence-electron chi connectivity index (χ1n) is 9.74. The lowest BCUT2D eigenvalue weighted by Gasteiger charge is -2.26. The van der Waals surface area contributed by atoms with Crippen molar-refractivity contribution >= 4 is 23.7 Å². The van der Waals surface area contributed by atoms with Crippen LogP contribution in [0.3, 0.4) is 0 Å². The van der Waals surface area contributed by atoms with E-state index in [1.165, 1.54) is 31.2 Å². The Bertz CT molecular complexity index is 780. The molecule has 0 bridgehead atoms. The van der Waals surface area contributed by atoms with Crippen LogP contribution in [0.25, 0.3) is 0 Å². The fraction of sp³-hybridized carbons (Fsp3) is 0.500. The maximum Gasteiger partial charge on any atom is 0.326 e. The third-order valence-electron chi connectivity index (χ3n) is 4.47. The zero-order valence-electron chi connectivity index (χ0n) is 17.7. The van der Waals surface area contributed by atoms with Crippen LogP contribution in [0.2, 0.25) is 0 Å². The smallest absolute Gasteiger partial charge is 0.326 e. The van der Waals surface area contributed by atoms with Gasteiger partial charge in [0.15, 0.2) is 0 Å². The fourth-order valence-electron chi connectivity index (χ4n) is 2.62. The molecule has 31 heavy (non-hydrogen) atoms. The molecule has 1 rings (SSSR count). The van der Waals surface area contributed by atoms with Gasteiger partial charge < -0.3 is 37.0 Å². The molecule has 0 aliphatic rings. The average molecular weight is 438 g/mol. The van der Waals surface area contributed by atoms with Gasteiger partial charge in [-0.3, -0.25) is 14.4 Å². The molecule has 0 aromatic heterocycles. The quantitative estimate of drug-likeness (QED) is 0.216. The number of carboxylic acid groups (broad SMARTS) is 1. The Kier molecular flexibility index (Phi) is 9.90. The number of carbonyl (C=O) groups is 4. The third kappa shape index (κ3) is 8.22. The summed E-state index contributed by atoms with van der Waals surface area (Å²) in [5.41, 5.74) is 6.01. The highest BCUT2D eigenvalue weighted by Gasteiger charge is 2.31. The third-order valence-corrected chi connectivity index (χ3v) is 4.47. The molecule has 0 aliphatic carbocycles. The van der Waals surface area contributed by atoms with E-state index in [2.05, 4.69) is 16.0 Å². The molecule has 1 aromatic rings. The van der Waals surface area contributed by atoms with Crippen LogP contribution in [0, 0.1) is 5.92 Å². The second-order valence-electron chi connectivity index (χ2n) is 7.53. The maximum atomic E-state index is 12.7. The number of aliphatic hydroxyl groups excluding tert-OH is 1. The second-order valence-corrected chi connectivity index (χ2v) is 7.53. The highest BCUT2D eigenvalue weighted by atomic mass is 16.4. The SMILES string of the molecule is CC(N)C(=O)NC(CO)C(=O)NC(C(=O)NC(Cc1ccc(O)cc1)C(=O)O)C(C)C. The molecule has 3 amide bonds. The summed E-state index contributed by atoms with van der Waals surface area (Å²) in [4.78, 5) is 48.5. The molecule has 4 atom stereocenters. The zero-order chi connectivity index (χ0) is 23.7. The highest BCUT2D eigenvalue weighted by molar-refractivity contribution is 5.94. The van der Waals surface area contributed by atoms with Gasteiger partial charge in [0, 0.05) is 6.42 Å². The molecule has 1 aromatic carbocycles. The molecule has 0 spiro atoms. The average Bonchev–Trinajstić information content (AvgIpc) is 2.70. The van der Waals surface area contributed by atoms with E-state index in [1.807, 2.05) is 0 Å². The molecule has 0 aliphatic heterocycles. The van der Waals surface area contributed by atoms with E-state index in [0.717, 1.165) is 0 Å². The number of carbonyl (C=O) groups excluding carboxylic acids is 3. The van der Waals surface area contributed by atoms with E-state index in [0.29, 0.717) is 5.56 Å². The van der Waals surface area contributed by atoms with E-state index in [1.54, 1.807) is 13.8 Å². The van der Waals surface area contributed by atoms with Gasteiger partial charge >= 0.3 is 5.97 Å². The van der Waals surface area contributed by atoms with Crippen molar-refractivity contribution in [3.05, 3.63) is 29.8 Å². The number of aliphatic hydroxyl groups is 1. The maximum absolute atomic E-state index is 12.7. The summed E-state index contributed by atoms with van der Waals surface area (Å²) in [7, 11) is 0. The number of carboxylic acids is 1. The summed E-state index contributed by atoms with van der Waals surface area (Å²) in [5.74, 6) is -3.86. The Morgan fingerprint density at radius 3 is 1.90 bits per heavy atom. The van der Waals surface area contributed by atoms with Crippen molar-refractivity contribution < 1.29 is 34.5 Å². The van der Waals surface area contributed by atoms with Gasteiger partial charge in [-0.25, -0.2) is 4.79 Å². The van der Waals surface area contributed by atoms with E-state index in [-0.39, 0.29) is 12.2 Å². The van der Waals surface area contributed by atoms with E-state index in [9.17, 15) is 34.5 Å². The Morgan fingerprint density at radius 2 is 1.45 bits per heavy atom. The summed E-state index contributed by atoms with van der Waals surface area (Å²) < 4.78 is 0. The van der Waals surface area contributed by atoms with Crippen molar-refractivity contribution in [3.63, 3.8) is 0 Å². The normalized spacial score (nSPS) is 14.8. The van der Waals surface area contributed by atoms with Crippen LogP contribution in [-0.4, -0.2) is 69.8 Å². The molecule has 11 nitrogen and oxygen atoms in total. The van der Waals surface area contributed by atoms with E-state index in [4.69, 9.17) is 5.73 Å². The second kappa shape index (κ2) is 11.9. The van der Waals surface area contributed by atoms with Gasteiger partial charge in [0.25, 0.3) is 0 Å². The molecular formula is C20H30N4O7. The number of aromatic hydroxyl groups is 1. The van der Waals surface area contributed by atoms with Gasteiger partial charge in [-0.1, -0.05) is 26.0 Å². The number of phenols is 1. The van der Waals surface area contributed by atoms with Gasteiger partial charge in [-0.2, -0.15) is 0 Å². The number of hydrogen-bond donors (Lipinski definition) is 7. The first kappa shape index (κ1) is 25.9. The lowest BCUT2D eigenvalue weighted by molar-refractivity contribution is -0.142. The number of nitrogens with two attached hydrogens (primary N) is 1. The number of rotatable bonds is 11. The van der Waals surface area contributed by atoms with E-state index < -0.39 is 60.4 Å². The lowest BCUT2D eigenvalue weighted by Crippen LogP contribution is -2.59. The predicted molar refractivity (Wildman–Crippen MR) is 111 cm³/mol. The molecule has 11 heteroatoms. The van der Waals surface area contributed by atoms with Crippen LogP contribution < -0.4 is 21.7 Å². The predicted octanol–water partition coefficient (Wildman–Crippen LogP) is -1.53. The molecule has 0 radical (unpaired) electrons. The van der Waals surface area contributed by atoms with Crippen LogP contribution in [0.1, 0.15) is 26.3 Å². The van der Waals surface area contributed by atoms with Crippen LogP contribution >= 0.6 is 0 Å². The number of amides is 3. The van der Waals surface area contributed by atoms with Crippen molar-refractivity contribution in [1.29, 1.82) is 0 Å². The van der Waals surface area contributed by atoms with Crippen LogP contribution in [-0.2, 0) is 25.6 Å². The number of hydrogen-bond acceptors (Lipinski definition) is 7. The van der Waals surface area contributed by atoms with Crippen LogP contribution in [0.4, 0.5) is 0 Å². The molecule has 0 fully saturated rings. The Hall–Kier alpha value is -3.18. The van der Waals surface area contributed by atoms with Gasteiger partial charge in [0.05, 0.1) is 12.6 Å². The molecule has 172 valence electrons. The van der Waals surface area contributed by atoms with Crippen molar-refractivity contribution in [1.82, 2.24) is 16.0 Å². The minimum atomic E-state index is -1.32. The summed E-state index contributed by atoms with van der Waals surface area (Å²) in [5, 5.41) is 35.3. The molecule has 0 heterocycles. The number of benzene rings is 1. The van der Waals surface area contributed by atoms with Crippen LogP contribution in [0.5, 0.6) is 5.75 Å². The molecular weight excluding hydrogens is 408 g/mol. The first-order valence-corrected chi connectivity index (χ1v) is 9.74. The van der Waals surface area contributed by atoms with Crippen molar-refractivity contribution in [3.8, 4) is 5.75 Å². The minimum absolute atomic E-state index is 0.0248. The fourth-order valence-corrected chi connectivity index (χ4v) is 2.62. The summed E-state index contributed by atoms with van der Waals surface area (Å²) in [6.07, 6.45) is -0.0379. The monoisotopic (exact) mass is 438 g/mol. The topological polar surface area (TPSA) is 191 Å². The Balaban J connectivity index is 2.88. The van der Waals surface area contributed by atoms with Gasteiger partial charge in [0.2, 0.25) is 17.7 Å². The number of nitrogens with one attached hydrogen (secondary N) is 3. The van der Waals surface area contributed by atoms with E-state index >= 15 is 0 Å². The zero-order valence-corrected chi connectivity index (χ0v) is 17.7.